The largest absolute Gasteiger partial charge is 0.489 e. The number of hydrogen-bond acceptors (Lipinski definition) is 10. The van der Waals surface area contributed by atoms with Gasteiger partial charge in [-0.2, -0.15) is 4.68 Å². The average molecular weight is 743 g/mol. The van der Waals surface area contributed by atoms with Gasteiger partial charge in [0.2, 0.25) is 21.6 Å². The fraction of sp³-hybridized carbons (Fsp3) is 0.517. The number of ether oxygens (including phenoxy) is 1. The molecule has 0 fully saturated rings. The number of rotatable bonds is 13. The summed E-state index contributed by atoms with van der Waals surface area (Å²) in [4.78, 5) is 12.3. The number of nitrogens with one attached hydrogen (secondary N) is 1. The summed E-state index contributed by atoms with van der Waals surface area (Å²) >= 11 is 19.2. The quantitative estimate of drug-likeness (QED) is 0.136. The van der Waals surface area contributed by atoms with Crippen LogP contribution < -0.4 is 15.2 Å². The number of sulfonamides is 1. The second kappa shape index (κ2) is 17.1. The minimum atomic E-state index is -3.49. The van der Waals surface area contributed by atoms with E-state index in [9.17, 15) is 13.2 Å². The van der Waals surface area contributed by atoms with Gasteiger partial charge in [0.15, 0.2) is 0 Å². The van der Waals surface area contributed by atoms with Crippen molar-refractivity contribution in [2.45, 2.75) is 90.9 Å². The zero-order chi connectivity index (χ0) is 34.2. The number of nitrogens with zero attached hydrogens (tertiary/aromatic N) is 2. The minimum absolute atomic E-state index is 0.0342. The summed E-state index contributed by atoms with van der Waals surface area (Å²) in [7, 11) is -3.49. The summed E-state index contributed by atoms with van der Waals surface area (Å²) in [5.74, 6) is 0.644. The van der Waals surface area contributed by atoms with Crippen LogP contribution in [0.4, 0.5) is 0 Å². The van der Waals surface area contributed by atoms with Gasteiger partial charge in [-0.3, -0.25) is 0 Å². The van der Waals surface area contributed by atoms with Gasteiger partial charge < -0.3 is 18.2 Å². The highest BCUT2D eigenvalue weighted by atomic mass is 35.5. The molecule has 1 N–H and O–H groups in total. The van der Waals surface area contributed by atoms with Crippen LogP contribution in [0.3, 0.4) is 0 Å². The van der Waals surface area contributed by atoms with Crippen LogP contribution in [0.2, 0.25) is 10.0 Å². The van der Waals surface area contributed by atoms with Crippen molar-refractivity contribution in [2.24, 2.45) is 0 Å². The molecule has 252 valence electrons. The summed E-state index contributed by atoms with van der Waals surface area (Å²) in [6, 6.07) is 11.4. The van der Waals surface area contributed by atoms with Crippen LogP contribution in [-0.2, 0) is 36.3 Å². The molecule has 0 aliphatic heterocycles. The molecule has 0 aliphatic rings. The summed E-state index contributed by atoms with van der Waals surface area (Å²) < 4.78 is 50.2. The summed E-state index contributed by atoms with van der Waals surface area (Å²) in [5.41, 5.74) is -2.49. The minimum Gasteiger partial charge on any atom is -0.489 e. The Kier molecular flexibility index (Phi) is 15.1. The van der Waals surface area contributed by atoms with Crippen molar-refractivity contribution < 1.29 is 26.6 Å². The van der Waals surface area contributed by atoms with E-state index in [1.807, 2.05) is 62.3 Å². The first-order chi connectivity index (χ1) is 20.7. The molecule has 1 aromatic heterocycles. The van der Waals surface area contributed by atoms with Gasteiger partial charge in [-0.05, 0) is 71.5 Å². The molecule has 45 heavy (non-hydrogen) atoms. The Bertz CT molecular complexity index is 1590. The van der Waals surface area contributed by atoms with Crippen LogP contribution in [-0.4, -0.2) is 48.8 Å². The first kappa shape index (κ1) is 39.8. The smallest absolute Gasteiger partial charge is 0.442 e. The van der Waals surface area contributed by atoms with E-state index in [0.717, 1.165) is 4.68 Å². The van der Waals surface area contributed by atoms with E-state index in [0.29, 0.717) is 28.1 Å². The molecule has 3 aromatic rings. The summed E-state index contributed by atoms with van der Waals surface area (Å²) in [6.45, 7) is 17.4. The van der Waals surface area contributed by atoms with E-state index in [-0.39, 0.29) is 40.2 Å². The van der Waals surface area contributed by atoms with E-state index in [4.69, 9.17) is 53.2 Å². The summed E-state index contributed by atoms with van der Waals surface area (Å²) in [5, 5.41) is 4.88. The first-order valence-electron chi connectivity index (χ1n) is 14.2. The molecule has 0 atom stereocenters. The van der Waals surface area contributed by atoms with Gasteiger partial charge in [0.05, 0.1) is 38.9 Å². The highest BCUT2D eigenvalue weighted by Gasteiger charge is 2.25. The van der Waals surface area contributed by atoms with E-state index in [1.54, 1.807) is 36.4 Å². The van der Waals surface area contributed by atoms with Crippen molar-refractivity contribution in [1.29, 1.82) is 0 Å². The van der Waals surface area contributed by atoms with E-state index in [1.165, 1.54) is 17.4 Å². The van der Waals surface area contributed by atoms with Crippen molar-refractivity contribution in [3.05, 3.63) is 69.0 Å². The maximum Gasteiger partial charge on any atom is 0.442 e. The topological polar surface area (TPSA) is 122 Å². The van der Waals surface area contributed by atoms with Crippen LogP contribution in [0, 0.1) is 0 Å². The number of benzene rings is 2. The van der Waals surface area contributed by atoms with E-state index in [2.05, 4.69) is 9.82 Å². The van der Waals surface area contributed by atoms with Gasteiger partial charge in [0, 0.05) is 23.8 Å². The molecule has 0 unspecified atom stereocenters. The fourth-order valence-electron chi connectivity index (χ4n) is 3.38. The lowest BCUT2D eigenvalue weighted by molar-refractivity contribution is 0.186. The third-order valence-electron chi connectivity index (χ3n) is 5.16. The summed E-state index contributed by atoms with van der Waals surface area (Å²) in [6.07, 6.45) is -0.133. The average Bonchev–Trinajstić information content (AvgIpc) is 3.30. The molecule has 0 bridgehead atoms. The lowest BCUT2D eigenvalue weighted by atomic mass is 9.97. The zero-order valence-corrected chi connectivity index (χ0v) is 31.7. The predicted molar refractivity (Wildman–Crippen MR) is 187 cm³/mol. The number of hydrogen-bond donors (Lipinski definition) is 1. The molecule has 10 nitrogen and oxygen atoms in total. The molecule has 0 radical (unpaired) electrons. The molecule has 0 amide bonds. The monoisotopic (exact) mass is 741 g/mol. The normalized spacial score (nSPS) is 12.5. The first-order valence-corrected chi connectivity index (χ1v) is 20.6. The Morgan fingerprint density at radius 2 is 1.58 bits per heavy atom. The Hall–Kier alpha value is -1.41. The van der Waals surface area contributed by atoms with Gasteiger partial charge in [0.1, 0.15) is 5.75 Å². The Balaban J connectivity index is 0.000000314. The van der Waals surface area contributed by atoms with Gasteiger partial charge in [-0.15, -0.1) is 5.10 Å². The molecular formula is C29H42Cl2N3O7PS3. The molecule has 3 rings (SSSR count). The van der Waals surface area contributed by atoms with Gasteiger partial charge in [-0.25, -0.2) is 17.9 Å². The van der Waals surface area contributed by atoms with Crippen molar-refractivity contribution in [3.63, 3.8) is 0 Å². The SMILES string of the molecule is CC(C)OP(=S)(OC(C)C)SCCNS(=O)(=O)c1ccccc1.CC(C)Oc1cc(-n2nc(C(C)(C)C)oc2=O)c(Cl)cc1Cl. The van der Waals surface area contributed by atoms with Crippen molar-refractivity contribution >= 4 is 62.1 Å². The maximum atomic E-state index is 12.1. The molecule has 0 saturated heterocycles. The highest BCUT2D eigenvalue weighted by Crippen LogP contribution is 2.62. The maximum absolute atomic E-state index is 12.1. The molecule has 0 aliphatic carbocycles. The Morgan fingerprint density at radius 1 is 1.00 bits per heavy atom. The lowest BCUT2D eigenvalue weighted by Crippen LogP contribution is -2.26. The van der Waals surface area contributed by atoms with E-state index >= 15 is 0 Å². The zero-order valence-electron chi connectivity index (χ0n) is 26.9. The third kappa shape index (κ3) is 13.0. The van der Waals surface area contributed by atoms with Crippen molar-refractivity contribution in [3.8, 4) is 11.4 Å². The van der Waals surface area contributed by atoms with Crippen LogP contribution in [0.25, 0.3) is 5.69 Å². The molecular weight excluding hydrogens is 700 g/mol. The lowest BCUT2D eigenvalue weighted by Gasteiger charge is -2.25. The molecule has 16 heteroatoms. The van der Waals surface area contributed by atoms with Crippen LogP contribution in [0.1, 0.15) is 68.2 Å². The molecule has 1 heterocycles. The molecule has 0 spiro atoms. The van der Waals surface area contributed by atoms with Crippen LogP contribution in [0.15, 0.2) is 56.6 Å². The standard InChI is InChI=1S/C15H18Cl2N2O3.C14H24NO4PS3/c1-8(2)21-12-7-11(9(16)6-10(12)17)19-14(20)22-13(18-19)15(3,4)5;1-12(2)18-20(21,19-13(3)4)22-11-10-15-23(16,17)14-8-6-5-7-9-14/h6-8H,1-5H3;5-9,12-13,15H,10-11H2,1-4H3. The van der Waals surface area contributed by atoms with Gasteiger partial charge >= 0.3 is 5.76 Å². The second-order valence-corrected chi connectivity index (χ2v) is 20.5. The van der Waals surface area contributed by atoms with Gasteiger partial charge in [0.25, 0.3) is 0 Å². The van der Waals surface area contributed by atoms with E-state index < -0.39 is 21.5 Å². The Labute approximate surface area is 285 Å². The number of aromatic nitrogens is 2. The molecule has 0 saturated carbocycles. The second-order valence-electron chi connectivity index (χ2n) is 11.5. The van der Waals surface area contributed by atoms with Gasteiger partial charge in [-0.1, -0.05) is 73.6 Å². The van der Waals surface area contributed by atoms with Crippen LogP contribution in [0.5, 0.6) is 5.75 Å². The predicted octanol–water partition coefficient (Wildman–Crippen LogP) is 7.99. The molecule has 2 aromatic carbocycles. The van der Waals surface area contributed by atoms with Crippen molar-refractivity contribution in [2.75, 3.05) is 12.3 Å². The third-order valence-corrected chi connectivity index (χ3v) is 12.8. The Morgan fingerprint density at radius 3 is 2.07 bits per heavy atom. The van der Waals surface area contributed by atoms with Crippen LogP contribution >= 0.6 is 40.3 Å². The van der Waals surface area contributed by atoms with Crippen molar-refractivity contribution in [1.82, 2.24) is 14.5 Å². The highest BCUT2D eigenvalue weighted by molar-refractivity contribution is 8.67. The fourth-order valence-corrected chi connectivity index (χ4v) is 10.7. The number of halogens is 2.